The van der Waals surface area contributed by atoms with Gasteiger partial charge in [-0.25, -0.2) is 0 Å². The Morgan fingerprint density at radius 3 is 2.25 bits per heavy atom. The standard InChI is InChI=1S/C10H19N.Y/c1-9(2)11-7-5-6-10(3,4)8-11;/h9H,3-8H2,1-2H3;/q-2;. The summed E-state index contributed by atoms with van der Waals surface area (Å²) in [5.41, 5.74) is 0.0581. The van der Waals surface area contributed by atoms with E-state index in [-0.39, 0.29) is 38.1 Å². The van der Waals surface area contributed by atoms with E-state index in [1.165, 1.54) is 19.4 Å². The second-order valence-corrected chi connectivity index (χ2v) is 4.17. The molecule has 12 heavy (non-hydrogen) atoms. The third-order valence-electron chi connectivity index (χ3n) is 2.42. The van der Waals surface area contributed by atoms with E-state index in [0.717, 1.165) is 6.54 Å². The van der Waals surface area contributed by atoms with Crippen LogP contribution in [0.4, 0.5) is 0 Å². The number of nitrogens with zero attached hydrogens (tertiary/aromatic N) is 1. The van der Waals surface area contributed by atoms with Crippen molar-refractivity contribution in [3.05, 3.63) is 13.8 Å². The molecule has 0 atom stereocenters. The molecule has 1 aliphatic rings. The van der Waals surface area contributed by atoms with E-state index in [2.05, 4.69) is 32.6 Å². The first-order valence-electron chi connectivity index (χ1n) is 4.46. The van der Waals surface area contributed by atoms with E-state index in [4.69, 9.17) is 0 Å². The van der Waals surface area contributed by atoms with Gasteiger partial charge in [-0.15, -0.1) is 0 Å². The van der Waals surface area contributed by atoms with Gasteiger partial charge in [0.05, 0.1) is 0 Å². The topological polar surface area (TPSA) is 3.24 Å². The summed E-state index contributed by atoms with van der Waals surface area (Å²) >= 11 is 0. The smallest absolute Gasteiger partial charge is 0.00367 e. The zero-order valence-electron chi connectivity index (χ0n) is 8.34. The van der Waals surface area contributed by atoms with Gasteiger partial charge in [0.1, 0.15) is 0 Å². The maximum atomic E-state index is 4.11. The molecule has 69 valence electrons. The SMILES string of the molecule is [CH2-]C1([CH2-])CCCN(C(C)C)C1.[Y]. The first kappa shape index (κ1) is 13.1. The quantitative estimate of drug-likeness (QED) is 0.637. The average Bonchev–Trinajstić information content (AvgIpc) is 1.85. The van der Waals surface area contributed by atoms with Crippen molar-refractivity contribution in [2.45, 2.75) is 32.7 Å². The largest absolute Gasteiger partial charge is 0.365 e. The third kappa shape index (κ3) is 3.85. The Labute approximate surface area is 102 Å². The van der Waals surface area contributed by atoms with Crippen LogP contribution in [-0.2, 0) is 32.7 Å². The fraction of sp³-hybridized carbons (Fsp3) is 0.800. The van der Waals surface area contributed by atoms with Crippen molar-refractivity contribution in [3.63, 3.8) is 0 Å². The molecule has 1 fully saturated rings. The molecule has 1 saturated heterocycles. The molecule has 0 unspecified atom stereocenters. The van der Waals surface area contributed by atoms with Crippen LogP contribution in [0, 0.1) is 19.3 Å². The zero-order valence-corrected chi connectivity index (χ0v) is 11.2. The molecule has 0 amide bonds. The molecule has 1 rings (SSSR count). The summed E-state index contributed by atoms with van der Waals surface area (Å²) in [7, 11) is 0. The molecule has 1 heterocycles. The second kappa shape index (κ2) is 5.07. The van der Waals surface area contributed by atoms with Gasteiger partial charge in [-0.2, -0.15) is 0 Å². The molecule has 1 radical (unpaired) electrons. The van der Waals surface area contributed by atoms with Crippen molar-refractivity contribution in [2.24, 2.45) is 5.41 Å². The molecular formula is C10H19NY-2. The maximum absolute atomic E-state index is 4.11. The maximum Gasteiger partial charge on any atom is 0.00367 e. The molecule has 1 aliphatic heterocycles. The van der Waals surface area contributed by atoms with Gasteiger partial charge in [-0.3, -0.25) is 5.41 Å². The van der Waals surface area contributed by atoms with Crippen molar-refractivity contribution < 1.29 is 32.7 Å². The molecule has 0 aromatic carbocycles. The molecule has 0 saturated carbocycles. The van der Waals surface area contributed by atoms with Gasteiger partial charge in [-0.1, -0.05) is 6.42 Å². The summed E-state index contributed by atoms with van der Waals surface area (Å²) in [6.45, 7) is 15.0. The molecular weight excluding hydrogens is 223 g/mol. The van der Waals surface area contributed by atoms with Crippen LogP contribution in [0.2, 0.25) is 0 Å². The molecule has 1 nitrogen and oxygen atoms in total. The summed E-state index contributed by atoms with van der Waals surface area (Å²) < 4.78 is 0. The second-order valence-electron chi connectivity index (χ2n) is 4.17. The van der Waals surface area contributed by atoms with Crippen molar-refractivity contribution in [1.29, 1.82) is 0 Å². The number of hydrogen-bond acceptors (Lipinski definition) is 1. The van der Waals surface area contributed by atoms with Crippen molar-refractivity contribution in [3.8, 4) is 0 Å². The van der Waals surface area contributed by atoms with E-state index < -0.39 is 0 Å². The summed E-state index contributed by atoms with van der Waals surface area (Å²) in [5.74, 6) is 0. The van der Waals surface area contributed by atoms with Crippen LogP contribution in [0.15, 0.2) is 0 Å². The molecule has 0 spiro atoms. The van der Waals surface area contributed by atoms with Crippen LogP contribution >= 0.6 is 0 Å². The molecule has 0 aliphatic carbocycles. The van der Waals surface area contributed by atoms with E-state index in [1.54, 1.807) is 0 Å². The van der Waals surface area contributed by atoms with Crippen LogP contribution in [0.1, 0.15) is 26.7 Å². The van der Waals surface area contributed by atoms with E-state index in [1.807, 2.05) is 0 Å². The Morgan fingerprint density at radius 1 is 1.33 bits per heavy atom. The van der Waals surface area contributed by atoms with Gasteiger partial charge in [0.25, 0.3) is 0 Å². The van der Waals surface area contributed by atoms with Gasteiger partial charge in [0.2, 0.25) is 0 Å². The minimum absolute atomic E-state index is 0. The van der Waals surface area contributed by atoms with Crippen LogP contribution in [0.5, 0.6) is 0 Å². The minimum atomic E-state index is 0. The molecule has 0 bridgehead atoms. The van der Waals surface area contributed by atoms with Gasteiger partial charge in [0.15, 0.2) is 0 Å². The average molecular weight is 242 g/mol. The van der Waals surface area contributed by atoms with E-state index in [9.17, 15) is 0 Å². The predicted octanol–water partition coefficient (Wildman–Crippen LogP) is 2.14. The Balaban J connectivity index is 0.00000121. The summed E-state index contributed by atoms with van der Waals surface area (Å²) in [6, 6.07) is 0.651. The number of piperidine rings is 1. The van der Waals surface area contributed by atoms with Crippen LogP contribution in [0.25, 0.3) is 0 Å². The van der Waals surface area contributed by atoms with Crippen LogP contribution in [-0.4, -0.2) is 24.0 Å². The van der Waals surface area contributed by atoms with Gasteiger partial charge >= 0.3 is 0 Å². The number of rotatable bonds is 1. The monoisotopic (exact) mass is 242 g/mol. The van der Waals surface area contributed by atoms with Gasteiger partial charge in [-0.05, 0) is 33.4 Å². The summed E-state index contributed by atoms with van der Waals surface area (Å²) in [5, 5.41) is 0. The summed E-state index contributed by atoms with van der Waals surface area (Å²) in [6.07, 6.45) is 2.43. The normalized spacial score (nSPS) is 23.8. The van der Waals surface area contributed by atoms with Crippen LogP contribution in [0.3, 0.4) is 0 Å². The predicted molar refractivity (Wildman–Crippen MR) is 49.1 cm³/mol. The van der Waals surface area contributed by atoms with Gasteiger partial charge in [0, 0.05) is 38.8 Å². The molecule has 0 aromatic rings. The molecule has 0 N–H and O–H groups in total. The van der Waals surface area contributed by atoms with Crippen molar-refractivity contribution in [1.82, 2.24) is 4.90 Å². The van der Waals surface area contributed by atoms with Crippen LogP contribution < -0.4 is 0 Å². The number of likely N-dealkylation sites (tertiary alicyclic amines) is 1. The fourth-order valence-electron chi connectivity index (χ4n) is 1.69. The Morgan fingerprint density at radius 2 is 1.92 bits per heavy atom. The zero-order chi connectivity index (χ0) is 8.48. The van der Waals surface area contributed by atoms with Gasteiger partial charge < -0.3 is 18.7 Å². The van der Waals surface area contributed by atoms with E-state index in [0.29, 0.717) is 6.04 Å². The number of hydrogen-bond donors (Lipinski definition) is 0. The first-order chi connectivity index (χ1) is 5.01. The molecule has 2 heteroatoms. The Hall–Kier alpha value is 1.06. The Bertz CT molecular complexity index is 132. The molecule has 0 aromatic heterocycles. The third-order valence-corrected chi connectivity index (χ3v) is 2.42. The van der Waals surface area contributed by atoms with Crippen molar-refractivity contribution in [2.75, 3.05) is 13.1 Å². The van der Waals surface area contributed by atoms with Crippen molar-refractivity contribution >= 4 is 0 Å². The van der Waals surface area contributed by atoms with E-state index >= 15 is 0 Å². The Kier molecular flexibility index (Phi) is 5.52. The fourth-order valence-corrected chi connectivity index (χ4v) is 1.69. The summed E-state index contributed by atoms with van der Waals surface area (Å²) in [4.78, 5) is 2.46. The first-order valence-corrected chi connectivity index (χ1v) is 4.46. The minimum Gasteiger partial charge on any atom is -0.365 e.